The van der Waals surface area contributed by atoms with Gasteiger partial charge in [-0.3, -0.25) is 8.98 Å². The number of unbranched alkanes of at least 4 members (excludes halogenated alkanes) is 2. The number of aryl methyl sites for hydroxylation is 1. The fourth-order valence-electron chi connectivity index (χ4n) is 4.31. The minimum atomic E-state index is -3.72. The highest BCUT2D eigenvalue weighted by molar-refractivity contribution is 7.86. The van der Waals surface area contributed by atoms with Gasteiger partial charge in [0.25, 0.3) is 10.1 Å². The molecule has 0 saturated carbocycles. The number of carbonyl (C=O) groups is 1. The molecule has 3 unspecified atom stereocenters. The average molecular weight is 498 g/mol. The van der Waals surface area contributed by atoms with Crippen LogP contribution in [0, 0.1) is 30.6 Å². The van der Waals surface area contributed by atoms with Gasteiger partial charge in [-0.25, -0.2) is 0 Å². The van der Waals surface area contributed by atoms with E-state index >= 15 is 0 Å². The van der Waals surface area contributed by atoms with Crippen molar-refractivity contribution in [2.75, 3.05) is 20.3 Å². The normalized spacial score (nSPS) is 20.5. The first-order valence-electron chi connectivity index (χ1n) is 12.2. The standard InChI is InChI=1S/C28H35NO5S/c1-5-18-29-27(30)20-26-24(12-10-13-25(26)28(29)33-4)22(3)11-8-6-7-9-19-34-35(31,32)23-16-14-21(2)15-17-23/h10,12-17,20,22,24,28H,5-7,9,18-19H2,1-4H3. The Labute approximate surface area is 209 Å². The Morgan fingerprint density at radius 2 is 1.89 bits per heavy atom. The summed E-state index contributed by atoms with van der Waals surface area (Å²) >= 11 is 0. The third-order valence-corrected chi connectivity index (χ3v) is 7.52. The minimum absolute atomic E-state index is 0.0214. The zero-order valence-electron chi connectivity index (χ0n) is 21.0. The van der Waals surface area contributed by atoms with Gasteiger partial charge in [-0.15, -0.1) is 5.92 Å². The van der Waals surface area contributed by atoms with Crippen molar-refractivity contribution in [3.05, 3.63) is 65.3 Å². The second-order valence-corrected chi connectivity index (χ2v) is 10.5. The molecule has 1 amide bonds. The number of fused-ring (bicyclic) bond motifs is 1. The van der Waals surface area contributed by atoms with E-state index < -0.39 is 10.1 Å². The van der Waals surface area contributed by atoms with Crippen LogP contribution in [-0.2, 0) is 23.8 Å². The minimum Gasteiger partial charge on any atom is -0.357 e. The molecule has 1 aromatic carbocycles. The first-order chi connectivity index (χ1) is 16.8. The fraction of sp³-hybridized carbons (Fsp3) is 0.464. The maximum Gasteiger partial charge on any atom is 0.296 e. The monoisotopic (exact) mass is 497 g/mol. The van der Waals surface area contributed by atoms with Crippen LogP contribution in [0.1, 0.15) is 45.1 Å². The van der Waals surface area contributed by atoms with Crippen LogP contribution in [0.15, 0.2) is 64.6 Å². The van der Waals surface area contributed by atoms with Crippen LogP contribution in [0.3, 0.4) is 0 Å². The molecular formula is C28H35NO5S. The van der Waals surface area contributed by atoms with Gasteiger partial charge in [0.05, 0.1) is 11.5 Å². The van der Waals surface area contributed by atoms with Gasteiger partial charge in [0.2, 0.25) is 5.91 Å². The summed E-state index contributed by atoms with van der Waals surface area (Å²) in [5.41, 5.74) is 3.00. The summed E-state index contributed by atoms with van der Waals surface area (Å²) in [7, 11) is -2.09. The summed E-state index contributed by atoms with van der Waals surface area (Å²) in [6.45, 7) is 6.80. The molecule has 7 heteroatoms. The first-order valence-corrected chi connectivity index (χ1v) is 13.6. The highest BCUT2D eigenvalue weighted by atomic mass is 32.2. The van der Waals surface area contributed by atoms with Gasteiger partial charge in [0.15, 0.2) is 6.23 Å². The largest absolute Gasteiger partial charge is 0.357 e. The number of rotatable bonds is 10. The van der Waals surface area contributed by atoms with Crippen molar-refractivity contribution in [1.29, 1.82) is 0 Å². The molecule has 188 valence electrons. The highest BCUT2D eigenvalue weighted by Crippen LogP contribution is 2.37. The smallest absolute Gasteiger partial charge is 0.296 e. The van der Waals surface area contributed by atoms with Crippen LogP contribution in [0.2, 0.25) is 0 Å². The van der Waals surface area contributed by atoms with Crippen molar-refractivity contribution in [2.24, 2.45) is 11.8 Å². The van der Waals surface area contributed by atoms with E-state index in [2.05, 4.69) is 24.8 Å². The lowest BCUT2D eigenvalue weighted by Crippen LogP contribution is -2.46. The predicted molar refractivity (Wildman–Crippen MR) is 137 cm³/mol. The van der Waals surface area contributed by atoms with Gasteiger partial charge in [0.1, 0.15) is 0 Å². The lowest BCUT2D eigenvalue weighted by Gasteiger charge is -2.39. The summed E-state index contributed by atoms with van der Waals surface area (Å²) < 4.78 is 35.3. The van der Waals surface area contributed by atoms with Gasteiger partial charge in [-0.2, -0.15) is 8.42 Å². The number of hydrogen-bond donors (Lipinski definition) is 0. The topological polar surface area (TPSA) is 72.9 Å². The lowest BCUT2D eigenvalue weighted by atomic mass is 9.78. The predicted octanol–water partition coefficient (Wildman–Crippen LogP) is 4.77. The SMILES string of the molecule is CCCN1C(=O)C=C2C(=CC=CC2C(C)C#CCCCCOS(=O)(=O)c2ccc(C)cc2)C1OC. The van der Waals surface area contributed by atoms with Gasteiger partial charge in [-0.05, 0) is 43.9 Å². The second kappa shape index (κ2) is 12.3. The van der Waals surface area contributed by atoms with Crippen molar-refractivity contribution in [1.82, 2.24) is 4.90 Å². The number of ether oxygens (including phenoxy) is 1. The van der Waals surface area contributed by atoms with Crippen molar-refractivity contribution in [2.45, 2.75) is 57.6 Å². The van der Waals surface area contributed by atoms with E-state index in [1.165, 1.54) is 0 Å². The molecule has 0 radical (unpaired) electrons. The number of allylic oxidation sites excluding steroid dienone is 3. The summed E-state index contributed by atoms with van der Waals surface area (Å²) in [5.74, 6) is 6.56. The van der Waals surface area contributed by atoms with Crippen molar-refractivity contribution >= 4 is 16.0 Å². The van der Waals surface area contributed by atoms with Crippen molar-refractivity contribution in [3.8, 4) is 11.8 Å². The van der Waals surface area contributed by atoms with E-state index in [4.69, 9.17) is 8.92 Å². The molecule has 0 spiro atoms. The maximum atomic E-state index is 12.7. The van der Waals surface area contributed by atoms with E-state index in [1.807, 2.05) is 26.0 Å². The van der Waals surface area contributed by atoms with Gasteiger partial charge in [0, 0.05) is 43.6 Å². The van der Waals surface area contributed by atoms with Gasteiger partial charge >= 0.3 is 0 Å². The fourth-order valence-corrected chi connectivity index (χ4v) is 5.26. The molecule has 3 atom stereocenters. The average Bonchev–Trinajstić information content (AvgIpc) is 2.83. The highest BCUT2D eigenvalue weighted by Gasteiger charge is 2.36. The number of nitrogens with zero attached hydrogens (tertiary/aromatic N) is 1. The molecule has 0 bridgehead atoms. The number of carbonyl (C=O) groups excluding carboxylic acids is 1. The van der Waals surface area contributed by atoms with Crippen LogP contribution < -0.4 is 0 Å². The Bertz CT molecular complexity index is 1150. The molecule has 1 aliphatic carbocycles. The van der Waals surface area contributed by atoms with Crippen LogP contribution in [0.4, 0.5) is 0 Å². The molecule has 0 saturated heterocycles. The van der Waals surface area contributed by atoms with E-state index in [1.54, 1.807) is 42.4 Å². The number of methoxy groups -OCH3 is 1. The van der Waals surface area contributed by atoms with Crippen LogP contribution in [0.25, 0.3) is 0 Å². The van der Waals surface area contributed by atoms with Crippen LogP contribution >= 0.6 is 0 Å². The van der Waals surface area contributed by atoms with E-state index in [0.29, 0.717) is 19.4 Å². The molecule has 1 aliphatic heterocycles. The Morgan fingerprint density at radius 1 is 1.14 bits per heavy atom. The third-order valence-electron chi connectivity index (χ3n) is 6.20. The third kappa shape index (κ3) is 6.72. The van der Waals surface area contributed by atoms with Crippen molar-refractivity contribution < 1.29 is 22.1 Å². The number of benzene rings is 1. The van der Waals surface area contributed by atoms with Gasteiger partial charge < -0.3 is 9.64 Å². The molecule has 3 rings (SSSR count). The van der Waals surface area contributed by atoms with Crippen LogP contribution in [-0.4, -0.2) is 45.7 Å². The molecule has 35 heavy (non-hydrogen) atoms. The summed E-state index contributed by atoms with van der Waals surface area (Å²) in [5, 5.41) is 0. The second-order valence-electron chi connectivity index (χ2n) is 8.91. The molecular weight excluding hydrogens is 462 g/mol. The lowest BCUT2D eigenvalue weighted by molar-refractivity contribution is -0.136. The Kier molecular flexibility index (Phi) is 9.50. The molecule has 6 nitrogen and oxygen atoms in total. The summed E-state index contributed by atoms with van der Waals surface area (Å²) in [6.07, 6.45) is 10.4. The molecule has 1 heterocycles. The Hall–Kier alpha value is -2.66. The zero-order valence-corrected chi connectivity index (χ0v) is 21.8. The van der Waals surface area contributed by atoms with Gasteiger partial charge in [-0.1, -0.05) is 55.7 Å². The quantitative estimate of drug-likeness (QED) is 0.264. The molecule has 1 aromatic rings. The number of amides is 1. The molecule has 2 aliphatic rings. The van der Waals surface area contributed by atoms with Crippen molar-refractivity contribution in [3.63, 3.8) is 0 Å². The van der Waals surface area contributed by atoms with E-state index in [9.17, 15) is 13.2 Å². The van der Waals surface area contributed by atoms with E-state index in [-0.39, 0.29) is 35.5 Å². The first kappa shape index (κ1) is 26.9. The Morgan fingerprint density at radius 3 is 2.57 bits per heavy atom. The number of hydrogen-bond acceptors (Lipinski definition) is 5. The van der Waals surface area contributed by atoms with E-state index in [0.717, 1.165) is 29.6 Å². The maximum absolute atomic E-state index is 12.7. The molecule has 0 fully saturated rings. The van der Waals surface area contributed by atoms with Crippen LogP contribution in [0.5, 0.6) is 0 Å². The zero-order chi connectivity index (χ0) is 25.4. The summed E-state index contributed by atoms with van der Waals surface area (Å²) in [4.78, 5) is 14.7. The molecule has 0 N–H and O–H groups in total. The Balaban J connectivity index is 1.51. The summed E-state index contributed by atoms with van der Waals surface area (Å²) in [6, 6.07) is 6.62. The molecule has 0 aromatic heterocycles.